The summed E-state index contributed by atoms with van der Waals surface area (Å²) in [6.45, 7) is 4.23. The normalized spacial score (nSPS) is 16.7. The lowest BCUT2D eigenvalue weighted by Gasteiger charge is -2.25. The van der Waals surface area contributed by atoms with Gasteiger partial charge in [-0.2, -0.15) is 11.8 Å². The zero-order valence-electron chi connectivity index (χ0n) is 10.2. The number of hydrogen-bond acceptors (Lipinski definition) is 6. The molecule has 1 fully saturated rings. The van der Waals surface area contributed by atoms with Crippen molar-refractivity contribution < 1.29 is 4.79 Å². The second kappa shape index (κ2) is 7.08. The Morgan fingerprint density at radius 1 is 1.50 bits per heavy atom. The summed E-state index contributed by atoms with van der Waals surface area (Å²) in [5.74, 6) is 2.29. The number of nitrogens with zero attached hydrogens (tertiary/aromatic N) is 2. The van der Waals surface area contributed by atoms with E-state index in [0.29, 0.717) is 18.8 Å². The van der Waals surface area contributed by atoms with Gasteiger partial charge in [-0.25, -0.2) is 4.98 Å². The minimum atomic E-state index is -0.0997. The molecule has 1 aliphatic heterocycles. The fourth-order valence-corrected chi connectivity index (χ4v) is 3.39. The molecule has 0 bridgehead atoms. The first-order chi connectivity index (χ1) is 8.79. The van der Waals surface area contributed by atoms with Crippen LogP contribution < -0.4 is 11.1 Å². The maximum Gasteiger partial charge on any atom is 0.270 e. The minimum absolute atomic E-state index is 0.0997. The highest BCUT2D eigenvalue weighted by molar-refractivity contribution is 7.99. The number of carbonyl (C=O) groups excluding carboxylic acids is 1. The van der Waals surface area contributed by atoms with Crippen LogP contribution in [-0.2, 0) is 6.54 Å². The van der Waals surface area contributed by atoms with Crippen LogP contribution in [0.3, 0.4) is 0 Å². The molecular weight excluding hydrogens is 268 g/mol. The quantitative estimate of drug-likeness (QED) is 0.819. The molecule has 1 amide bonds. The summed E-state index contributed by atoms with van der Waals surface area (Å²) >= 11 is 3.42. The second-order valence-electron chi connectivity index (χ2n) is 4.04. The van der Waals surface area contributed by atoms with Crippen LogP contribution >= 0.6 is 23.1 Å². The van der Waals surface area contributed by atoms with E-state index in [0.717, 1.165) is 24.6 Å². The summed E-state index contributed by atoms with van der Waals surface area (Å²) in [5.41, 5.74) is 5.95. The van der Waals surface area contributed by atoms with Gasteiger partial charge in [-0.3, -0.25) is 9.69 Å². The number of thiazole rings is 1. The summed E-state index contributed by atoms with van der Waals surface area (Å²) in [7, 11) is 0. The van der Waals surface area contributed by atoms with Gasteiger partial charge in [0.15, 0.2) is 0 Å². The van der Waals surface area contributed by atoms with Gasteiger partial charge in [-0.05, 0) is 0 Å². The van der Waals surface area contributed by atoms with E-state index in [1.54, 1.807) is 5.38 Å². The van der Waals surface area contributed by atoms with Crippen molar-refractivity contribution in [2.24, 2.45) is 5.73 Å². The molecule has 1 aliphatic rings. The lowest BCUT2D eigenvalue weighted by atomic mass is 10.4. The zero-order valence-corrected chi connectivity index (χ0v) is 11.9. The number of nitrogens with two attached hydrogens (primary N) is 1. The zero-order chi connectivity index (χ0) is 12.8. The van der Waals surface area contributed by atoms with E-state index in [9.17, 15) is 4.79 Å². The highest BCUT2D eigenvalue weighted by Crippen LogP contribution is 2.09. The van der Waals surface area contributed by atoms with Gasteiger partial charge in [0, 0.05) is 49.6 Å². The average Bonchev–Trinajstić information content (AvgIpc) is 2.89. The van der Waals surface area contributed by atoms with Crippen LogP contribution in [0.2, 0.25) is 0 Å². The van der Waals surface area contributed by atoms with Crippen LogP contribution in [0.5, 0.6) is 0 Å². The maximum atomic E-state index is 11.8. The van der Waals surface area contributed by atoms with E-state index in [-0.39, 0.29) is 5.91 Å². The van der Waals surface area contributed by atoms with Crippen molar-refractivity contribution in [3.8, 4) is 0 Å². The number of aromatic nitrogens is 1. The lowest BCUT2D eigenvalue weighted by molar-refractivity contribution is 0.0944. The molecular formula is C11H18N4OS2. The van der Waals surface area contributed by atoms with Crippen molar-refractivity contribution in [3.05, 3.63) is 16.1 Å². The predicted octanol–water partition coefficient (Wildman–Crippen LogP) is 0.380. The Hall–Kier alpha value is -0.630. The van der Waals surface area contributed by atoms with Gasteiger partial charge < -0.3 is 11.1 Å². The van der Waals surface area contributed by atoms with Gasteiger partial charge in [-0.15, -0.1) is 11.3 Å². The monoisotopic (exact) mass is 286 g/mol. The van der Waals surface area contributed by atoms with Crippen molar-refractivity contribution in [1.29, 1.82) is 0 Å². The average molecular weight is 286 g/mol. The van der Waals surface area contributed by atoms with Crippen molar-refractivity contribution in [2.45, 2.75) is 6.54 Å². The largest absolute Gasteiger partial charge is 0.349 e. The van der Waals surface area contributed by atoms with Gasteiger partial charge in [0.25, 0.3) is 5.91 Å². The van der Waals surface area contributed by atoms with Crippen LogP contribution in [0, 0.1) is 0 Å². The van der Waals surface area contributed by atoms with Crippen LogP contribution in [-0.4, -0.2) is 53.5 Å². The van der Waals surface area contributed by atoms with E-state index >= 15 is 0 Å². The molecule has 0 aliphatic carbocycles. The molecule has 0 atom stereocenters. The number of thioether (sulfide) groups is 1. The Balaban J connectivity index is 1.70. The third-order valence-corrected chi connectivity index (χ3v) is 4.59. The molecule has 18 heavy (non-hydrogen) atoms. The highest BCUT2D eigenvalue weighted by atomic mass is 32.2. The molecule has 1 aromatic heterocycles. The van der Waals surface area contributed by atoms with Gasteiger partial charge in [0.2, 0.25) is 0 Å². The summed E-state index contributed by atoms with van der Waals surface area (Å²) in [6.07, 6.45) is 0. The summed E-state index contributed by atoms with van der Waals surface area (Å²) in [6, 6.07) is 0. The number of hydrogen-bond donors (Lipinski definition) is 2. The van der Waals surface area contributed by atoms with Crippen LogP contribution in [0.4, 0.5) is 0 Å². The summed E-state index contributed by atoms with van der Waals surface area (Å²) in [5, 5.41) is 5.46. The fourth-order valence-electron chi connectivity index (χ4n) is 1.75. The van der Waals surface area contributed by atoms with E-state index in [1.807, 2.05) is 11.8 Å². The fraction of sp³-hybridized carbons (Fsp3) is 0.636. The third kappa shape index (κ3) is 3.94. The smallest absolute Gasteiger partial charge is 0.270 e. The van der Waals surface area contributed by atoms with E-state index in [4.69, 9.17) is 5.73 Å². The molecule has 2 heterocycles. The van der Waals surface area contributed by atoms with E-state index < -0.39 is 0 Å². The Bertz CT molecular complexity index is 390. The standard InChI is InChI=1S/C11H18N4OS2/c12-7-10-14-9(8-18-10)11(16)13-1-2-15-3-5-17-6-4-15/h8H,1-7,12H2,(H,13,16). The van der Waals surface area contributed by atoms with Crippen molar-refractivity contribution in [2.75, 3.05) is 37.7 Å². The van der Waals surface area contributed by atoms with E-state index in [1.165, 1.54) is 22.8 Å². The molecule has 0 saturated carbocycles. The minimum Gasteiger partial charge on any atom is -0.349 e. The molecule has 0 radical (unpaired) electrons. The van der Waals surface area contributed by atoms with Gasteiger partial charge in [-0.1, -0.05) is 0 Å². The first-order valence-electron chi connectivity index (χ1n) is 6.02. The molecule has 1 aromatic rings. The van der Waals surface area contributed by atoms with Gasteiger partial charge in [0.1, 0.15) is 10.7 Å². The number of carbonyl (C=O) groups is 1. The molecule has 5 nitrogen and oxygen atoms in total. The second-order valence-corrected chi connectivity index (χ2v) is 6.21. The molecule has 100 valence electrons. The van der Waals surface area contributed by atoms with Crippen LogP contribution in [0.25, 0.3) is 0 Å². The molecule has 0 unspecified atom stereocenters. The van der Waals surface area contributed by atoms with Crippen LogP contribution in [0.15, 0.2) is 5.38 Å². The SMILES string of the molecule is NCc1nc(C(=O)NCCN2CCSCC2)cs1. The number of rotatable bonds is 5. The number of amides is 1. The molecule has 0 spiro atoms. The van der Waals surface area contributed by atoms with Crippen LogP contribution in [0.1, 0.15) is 15.5 Å². The molecule has 0 aromatic carbocycles. The molecule has 1 saturated heterocycles. The number of nitrogens with one attached hydrogen (secondary N) is 1. The van der Waals surface area contributed by atoms with Crippen molar-refractivity contribution in [1.82, 2.24) is 15.2 Å². The Kier molecular flexibility index (Phi) is 5.43. The maximum absolute atomic E-state index is 11.8. The molecule has 2 rings (SSSR count). The van der Waals surface area contributed by atoms with Crippen molar-refractivity contribution in [3.63, 3.8) is 0 Å². The molecule has 3 N–H and O–H groups in total. The Labute approximate surface area is 115 Å². The Morgan fingerprint density at radius 2 is 2.28 bits per heavy atom. The summed E-state index contributed by atoms with van der Waals surface area (Å²) in [4.78, 5) is 18.3. The van der Waals surface area contributed by atoms with Gasteiger partial charge >= 0.3 is 0 Å². The van der Waals surface area contributed by atoms with Crippen molar-refractivity contribution >= 4 is 29.0 Å². The first kappa shape index (κ1) is 13.8. The topological polar surface area (TPSA) is 71.2 Å². The first-order valence-corrected chi connectivity index (χ1v) is 8.06. The summed E-state index contributed by atoms with van der Waals surface area (Å²) < 4.78 is 0. The Morgan fingerprint density at radius 3 is 2.94 bits per heavy atom. The lowest BCUT2D eigenvalue weighted by Crippen LogP contribution is -2.39. The highest BCUT2D eigenvalue weighted by Gasteiger charge is 2.12. The molecule has 7 heteroatoms. The van der Waals surface area contributed by atoms with E-state index in [2.05, 4.69) is 15.2 Å². The van der Waals surface area contributed by atoms with Gasteiger partial charge in [0.05, 0.1) is 0 Å². The predicted molar refractivity (Wildman–Crippen MR) is 76.1 cm³/mol. The third-order valence-electron chi connectivity index (χ3n) is 2.78.